The molecule has 2 aromatic carbocycles. The summed E-state index contributed by atoms with van der Waals surface area (Å²) in [5, 5.41) is 2.81. The van der Waals surface area contributed by atoms with E-state index in [2.05, 4.69) is 127 Å². The number of benzene rings is 2. The first-order valence-corrected chi connectivity index (χ1v) is 20.3. The van der Waals surface area contributed by atoms with Crippen molar-refractivity contribution in [2.75, 3.05) is 0 Å². The molecule has 0 bridgehead atoms. The lowest BCUT2D eigenvalue weighted by atomic mass is 9.89. The second-order valence-electron chi connectivity index (χ2n) is 11.8. The average molecular weight is 455 g/mol. The molecule has 0 aromatic heterocycles. The van der Waals surface area contributed by atoms with Crippen LogP contribution in [-0.4, -0.2) is 30.6 Å². The van der Waals surface area contributed by atoms with Crippen molar-refractivity contribution in [3.63, 3.8) is 0 Å². The van der Waals surface area contributed by atoms with Gasteiger partial charge in [-0.15, -0.1) is 6.58 Å². The Balaban J connectivity index is 2.97. The molecule has 0 aliphatic rings. The van der Waals surface area contributed by atoms with Crippen LogP contribution < -0.4 is 10.4 Å². The van der Waals surface area contributed by atoms with Gasteiger partial charge < -0.3 is 4.43 Å². The first kappa shape index (κ1) is 25.1. The number of hydrogen-bond acceptors (Lipinski definition) is 1. The lowest BCUT2D eigenvalue weighted by Gasteiger charge is -2.52. The van der Waals surface area contributed by atoms with Gasteiger partial charge in [0.15, 0.2) is 0 Å². The summed E-state index contributed by atoms with van der Waals surface area (Å²) in [6.07, 6.45) is 2.04. The molecular weight excluding hydrogens is 413 g/mol. The first-order valence-electron chi connectivity index (χ1n) is 11.2. The summed E-state index contributed by atoms with van der Waals surface area (Å²) < 4.78 is 7.53. The molecule has 164 valence electrons. The van der Waals surface area contributed by atoms with Gasteiger partial charge in [0.25, 0.3) is 8.32 Å². The van der Waals surface area contributed by atoms with E-state index in [1.54, 1.807) is 0 Å². The number of hydrogen-bond donors (Lipinski definition) is 0. The smallest absolute Gasteiger partial charge is 0.254 e. The second kappa shape index (κ2) is 9.11. The van der Waals surface area contributed by atoms with E-state index in [1.165, 1.54) is 10.4 Å². The fraction of sp³-hybridized carbons (Fsp3) is 0.462. The fourth-order valence-corrected chi connectivity index (χ4v) is 31.6. The summed E-state index contributed by atoms with van der Waals surface area (Å²) in [7, 11) is -5.78. The van der Waals surface area contributed by atoms with E-state index in [0.717, 1.165) is 0 Å². The van der Waals surface area contributed by atoms with Crippen molar-refractivity contribution >= 4 is 34.8 Å². The Morgan fingerprint density at radius 2 is 1.10 bits per heavy atom. The number of rotatable bonds is 8. The third-order valence-corrected chi connectivity index (χ3v) is 26.0. The van der Waals surface area contributed by atoms with Gasteiger partial charge in [-0.05, 0) is 20.6 Å². The van der Waals surface area contributed by atoms with Crippen LogP contribution in [0.5, 0.6) is 0 Å². The molecular formula is C26H42OSi3. The maximum Gasteiger partial charge on any atom is 0.254 e. The van der Waals surface area contributed by atoms with Gasteiger partial charge in [0, 0.05) is 16.1 Å². The minimum absolute atomic E-state index is 0.000205. The Kier molecular flexibility index (Phi) is 7.61. The molecule has 1 nitrogen and oxygen atoms in total. The van der Waals surface area contributed by atoms with Crippen LogP contribution in [0.15, 0.2) is 73.3 Å². The van der Waals surface area contributed by atoms with Gasteiger partial charge in [-0.2, -0.15) is 0 Å². The van der Waals surface area contributed by atoms with Gasteiger partial charge in [-0.25, -0.2) is 0 Å². The fourth-order valence-electron chi connectivity index (χ4n) is 5.37. The normalized spacial score (nSPS) is 14.6. The summed E-state index contributed by atoms with van der Waals surface area (Å²) in [5.74, 6) is 0. The predicted octanol–water partition coefficient (Wildman–Crippen LogP) is 6.49. The van der Waals surface area contributed by atoms with Crippen LogP contribution in [0.25, 0.3) is 0 Å². The largest absolute Gasteiger partial charge is 0.401 e. The molecule has 0 spiro atoms. The van der Waals surface area contributed by atoms with Gasteiger partial charge in [0.05, 0.1) is 6.10 Å². The van der Waals surface area contributed by atoms with E-state index >= 15 is 0 Å². The van der Waals surface area contributed by atoms with Crippen molar-refractivity contribution in [1.29, 1.82) is 0 Å². The van der Waals surface area contributed by atoms with Crippen LogP contribution in [0.1, 0.15) is 20.8 Å². The second-order valence-corrected chi connectivity index (χ2v) is 27.6. The molecule has 1 atom stereocenters. The average Bonchev–Trinajstić information content (AvgIpc) is 2.63. The standard InChI is InChI=1S/C26H42OSi3/c1-11-24(26(2,3)4)27-30(22-18-14-12-15-19-22,23-20-16-13-17-21-23)25(28(5,6)7)29(8,9)10/h11-21,24-25H,1H2,2-10H3. The minimum Gasteiger partial charge on any atom is -0.401 e. The quantitative estimate of drug-likeness (QED) is 0.327. The summed E-state index contributed by atoms with van der Waals surface area (Å²) in [4.78, 5) is 0.618. The lowest BCUT2D eigenvalue weighted by Crippen LogP contribution is -2.74. The topological polar surface area (TPSA) is 9.23 Å². The molecule has 0 radical (unpaired) electrons. The molecule has 0 heterocycles. The SMILES string of the molecule is C=CC(O[Si](c1ccccc1)(c1ccccc1)C([Si](C)(C)C)[Si](C)(C)C)C(C)(C)C. The third-order valence-electron chi connectivity index (χ3n) is 5.92. The molecule has 2 aromatic rings. The van der Waals surface area contributed by atoms with E-state index in [9.17, 15) is 0 Å². The Hall–Kier alpha value is -1.21. The highest BCUT2D eigenvalue weighted by Crippen LogP contribution is 2.42. The minimum atomic E-state index is -2.59. The van der Waals surface area contributed by atoms with Crippen molar-refractivity contribution in [1.82, 2.24) is 0 Å². The molecule has 0 saturated carbocycles. The van der Waals surface area contributed by atoms with Gasteiger partial charge in [-0.3, -0.25) is 0 Å². The van der Waals surface area contributed by atoms with Crippen molar-refractivity contribution < 1.29 is 4.43 Å². The molecule has 4 heteroatoms. The Morgan fingerprint density at radius 1 is 0.733 bits per heavy atom. The van der Waals surface area contributed by atoms with Crippen molar-refractivity contribution in [2.45, 2.75) is 70.9 Å². The summed E-state index contributed by atoms with van der Waals surface area (Å²) in [6.45, 7) is 26.3. The van der Waals surface area contributed by atoms with Crippen LogP contribution in [0.4, 0.5) is 0 Å². The predicted molar refractivity (Wildman–Crippen MR) is 143 cm³/mol. The third kappa shape index (κ3) is 5.34. The zero-order valence-electron chi connectivity index (χ0n) is 20.6. The monoisotopic (exact) mass is 454 g/mol. The molecule has 2 rings (SSSR count). The lowest BCUT2D eigenvalue weighted by molar-refractivity contribution is 0.124. The zero-order valence-corrected chi connectivity index (χ0v) is 23.6. The van der Waals surface area contributed by atoms with E-state index < -0.39 is 24.5 Å². The first-order chi connectivity index (χ1) is 13.7. The zero-order chi connectivity index (χ0) is 22.8. The van der Waals surface area contributed by atoms with Crippen LogP contribution in [0.3, 0.4) is 0 Å². The molecule has 0 aliphatic carbocycles. The molecule has 0 fully saturated rings. The molecule has 0 saturated heterocycles. The Morgan fingerprint density at radius 3 is 1.37 bits per heavy atom. The molecule has 30 heavy (non-hydrogen) atoms. The van der Waals surface area contributed by atoms with Gasteiger partial charge in [0.2, 0.25) is 0 Å². The van der Waals surface area contributed by atoms with Crippen molar-refractivity contribution in [3.05, 3.63) is 73.3 Å². The summed E-state index contributed by atoms with van der Waals surface area (Å²) in [6, 6.07) is 22.3. The van der Waals surface area contributed by atoms with Crippen LogP contribution in [0, 0.1) is 5.41 Å². The Labute approximate surface area is 188 Å². The maximum absolute atomic E-state index is 7.53. The van der Waals surface area contributed by atoms with Crippen molar-refractivity contribution in [3.8, 4) is 0 Å². The van der Waals surface area contributed by atoms with E-state index in [-0.39, 0.29) is 11.5 Å². The van der Waals surface area contributed by atoms with Crippen LogP contribution in [0.2, 0.25) is 44.1 Å². The van der Waals surface area contributed by atoms with Gasteiger partial charge in [0.1, 0.15) is 0 Å². The van der Waals surface area contributed by atoms with Crippen molar-refractivity contribution in [2.24, 2.45) is 5.41 Å². The Bertz CT molecular complexity index is 758. The van der Waals surface area contributed by atoms with E-state index in [1.807, 2.05) is 6.08 Å². The molecule has 0 aliphatic heterocycles. The van der Waals surface area contributed by atoms with Gasteiger partial charge >= 0.3 is 0 Å². The van der Waals surface area contributed by atoms with E-state index in [4.69, 9.17) is 4.43 Å². The molecule has 0 N–H and O–H groups in total. The van der Waals surface area contributed by atoms with Gasteiger partial charge in [-0.1, -0.05) is 127 Å². The highest BCUT2D eigenvalue weighted by molar-refractivity contribution is 7.19. The van der Waals surface area contributed by atoms with E-state index in [0.29, 0.717) is 4.79 Å². The van der Waals surface area contributed by atoms with Crippen LogP contribution >= 0.6 is 0 Å². The van der Waals surface area contributed by atoms with Crippen LogP contribution in [-0.2, 0) is 4.43 Å². The summed E-state index contributed by atoms with van der Waals surface area (Å²) in [5.41, 5.74) is -0.00695. The molecule has 1 unspecified atom stereocenters. The molecule has 0 amide bonds. The summed E-state index contributed by atoms with van der Waals surface area (Å²) >= 11 is 0. The highest BCUT2D eigenvalue weighted by atomic mass is 28.5. The highest BCUT2D eigenvalue weighted by Gasteiger charge is 2.58. The maximum atomic E-state index is 7.53.